The van der Waals surface area contributed by atoms with E-state index < -0.39 is 0 Å². The predicted octanol–water partition coefficient (Wildman–Crippen LogP) is 0.0644. The van der Waals surface area contributed by atoms with E-state index in [4.69, 9.17) is 5.73 Å². The van der Waals surface area contributed by atoms with Crippen molar-refractivity contribution in [3.63, 3.8) is 0 Å². The molecule has 0 aliphatic heterocycles. The molecule has 9 heavy (non-hydrogen) atoms. The second-order valence-electron chi connectivity index (χ2n) is 1.51. The lowest BCUT2D eigenvalue weighted by Gasteiger charge is -1.92. The summed E-state index contributed by atoms with van der Waals surface area (Å²) in [6, 6.07) is 0. The fraction of sp³-hybridized carbons (Fsp3) is 0.500. The number of nitrogens with two attached hydrogens (primary N) is 1. The molecular formula is C6H11NO2. The van der Waals surface area contributed by atoms with E-state index in [9.17, 15) is 4.79 Å². The number of hydrogen-bond donors (Lipinski definition) is 1. The van der Waals surface area contributed by atoms with Crippen LogP contribution in [0.1, 0.15) is 6.92 Å². The first-order chi connectivity index (χ1) is 4.27. The molecule has 52 valence electrons. The first-order valence-electron chi connectivity index (χ1n) is 2.76. The van der Waals surface area contributed by atoms with Crippen molar-refractivity contribution in [1.82, 2.24) is 0 Å². The topological polar surface area (TPSA) is 52.3 Å². The molecule has 0 aromatic heterocycles. The van der Waals surface area contributed by atoms with Crippen LogP contribution in [0.25, 0.3) is 0 Å². The second-order valence-corrected chi connectivity index (χ2v) is 1.51. The summed E-state index contributed by atoms with van der Waals surface area (Å²) in [5.41, 5.74) is 5.12. The standard InChI is InChI=1S/C6H11NO2/c1-6(8)9-5-3-2-4-7/h2-3H,4-5,7H2,1H3/b3-2+. The van der Waals surface area contributed by atoms with E-state index in [0.29, 0.717) is 13.2 Å². The molecule has 0 unspecified atom stereocenters. The molecule has 0 rings (SSSR count). The molecule has 0 radical (unpaired) electrons. The molecule has 0 aliphatic rings. The summed E-state index contributed by atoms with van der Waals surface area (Å²) in [7, 11) is 0. The summed E-state index contributed by atoms with van der Waals surface area (Å²) < 4.78 is 4.56. The Kier molecular flexibility index (Phi) is 4.82. The molecule has 2 N–H and O–H groups in total. The van der Waals surface area contributed by atoms with Crippen LogP contribution in [0.2, 0.25) is 0 Å². The van der Waals surface area contributed by atoms with Crippen molar-refractivity contribution in [1.29, 1.82) is 0 Å². The monoisotopic (exact) mass is 129 g/mol. The van der Waals surface area contributed by atoms with Crippen LogP contribution >= 0.6 is 0 Å². The fourth-order valence-electron chi connectivity index (χ4n) is 0.330. The van der Waals surface area contributed by atoms with Crippen LogP contribution in [0.4, 0.5) is 0 Å². The summed E-state index contributed by atoms with van der Waals surface area (Å²) in [6.45, 7) is 2.18. The Hall–Kier alpha value is -0.830. The van der Waals surface area contributed by atoms with Gasteiger partial charge in [-0.15, -0.1) is 0 Å². The minimum absolute atomic E-state index is 0.267. The predicted molar refractivity (Wildman–Crippen MR) is 34.8 cm³/mol. The first-order valence-corrected chi connectivity index (χ1v) is 2.76. The molecule has 0 aromatic carbocycles. The third-order valence-electron chi connectivity index (χ3n) is 0.686. The number of carbonyl (C=O) groups excluding carboxylic acids is 1. The Balaban J connectivity index is 3.09. The van der Waals surface area contributed by atoms with Gasteiger partial charge in [0, 0.05) is 13.5 Å². The average molecular weight is 129 g/mol. The van der Waals surface area contributed by atoms with E-state index >= 15 is 0 Å². The van der Waals surface area contributed by atoms with Crippen LogP contribution in [0, 0.1) is 0 Å². The third-order valence-corrected chi connectivity index (χ3v) is 0.686. The third kappa shape index (κ3) is 7.17. The molecule has 0 saturated carbocycles. The van der Waals surface area contributed by atoms with Gasteiger partial charge in [-0.05, 0) is 6.08 Å². The number of esters is 1. The van der Waals surface area contributed by atoms with Gasteiger partial charge in [0.05, 0.1) is 0 Å². The maximum absolute atomic E-state index is 10.1. The molecule has 0 aliphatic carbocycles. The number of hydrogen-bond acceptors (Lipinski definition) is 3. The fourth-order valence-corrected chi connectivity index (χ4v) is 0.330. The molecule has 0 atom stereocenters. The van der Waals surface area contributed by atoms with Crippen molar-refractivity contribution >= 4 is 5.97 Å². The molecule has 0 bridgehead atoms. The lowest BCUT2D eigenvalue weighted by atomic mass is 10.5. The smallest absolute Gasteiger partial charge is 0.302 e. The van der Waals surface area contributed by atoms with E-state index in [1.54, 1.807) is 12.2 Å². The van der Waals surface area contributed by atoms with Gasteiger partial charge in [-0.1, -0.05) is 6.08 Å². The van der Waals surface area contributed by atoms with Gasteiger partial charge in [0.2, 0.25) is 0 Å². The van der Waals surface area contributed by atoms with Gasteiger partial charge in [0.1, 0.15) is 6.61 Å². The van der Waals surface area contributed by atoms with Crippen molar-refractivity contribution in [2.45, 2.75) is 6.92 Å². The molecule has 3 heteroatoms. The van der Waals surface area contributed by atoms with Crippen LogP contribution in [0.5, 0.6) is 0 Å². The van der Waals surface area contributed by atoms with Gasteiger partial charge in [-0.2, -0.15) is 0 Å². The maximum Gasteiger partial charge on any atom is 0.302 e. The average Bonchev–Trinajstić information content (AvgIpc) is 1.80. The second kappa shape index (κ2) is 5.31. The normalized spacial score (nSPS) is 10.0. The molecule has 0 heterocycles. The zero-order chi connectivity index (χ0) is 7.11. The Labute approximate surface area is 54.5 Å². The van der Waals surface area contributed by atoms with Gasteiger partial charge in [-0.3, -0.25) is 4.79 Å². The minimum atomic E-state index is -0.267. The van der Waals surface area contributed by atoms with Gasteiger partial charge in [0.25, 0.3) is 0 Å². The Bertz CT molecular complexity index is 110. The summed E-state index contributed by atoms with van der Waals surface area (Å²) >= 11 is 0. The summed E-state index contributed by atoms with van der Waals surface area (Å²) in [5, 5.41) is 0. The van der Waals surface area contributed by atoms with Crippen LogP contribution in [0.3, 0.4) is 0 Å². The molecule has 3 nitrogen and oxygen atoms in total. The minimum Gasteiger partial charge on any atom is -0.462 e. The van der Waals surface area contributed by atoms with Crippen molar-refractivity contribution < 1.29 is 9.53 Å². The van der Waals surface area contributed by atoms with Crippen molar-refractivity contribution in [3.8, 4) is 0 Å². The van der Waals surface area contributed by atoms with Crippen LogP contribution in [0.15, 0.2) is 12.2 Å². The quantitative estimate of drug-likeness (QED) is 0.433. The van der Waals surface area contributed by atoms with E-state index in [2.05, 4.69) is 4.74 Å². The zero-order valence-electron chi connectivity index (χ0n) is 5.46. The SMILES string of the molecule is CC(=O)OC/C=C/CN. The maximum atomic E-state index is 10.1. The van der Waals surface area contributed by atoms with E-state index in [0.717, 1.165) is 0 Å². The van der Waals surface area contributed by atoms with Crippen molar-refractivity contribution in [2.24, 2.45) is 5.73 Å². The number of rotatable bonds is 3. The first kappa shape index (κ1) is 8.17. The van der Waals surface area contributed by atoms with Gasteiger partial charge < -0.3 is 10.5 Å². The number of ether oxygens (including phenoxy) is 1. The van der Waals surface area contributed by atoms with E-state index in [1.165, 1.54) is 6.92 Å². The highest BCUT2D eigenvalue weighted by Crippen LogP contribution is 1.76. The van der Waals surface area contributed by atoms with Gasteiger partial charge in [-0.25, -0.2) is 0 Å². The molecular weight excluding hydrogens is 118 g/mol. The summed E-state index contributed by atoms with van der Waals surface area (Å²) in [6.07, 6.45) is 3.45. The van der Waals surface area contributed by atoms with Crippen LogP contribution in [-0.2, 0) is 9.53 Å². The Morgan fingerprint density at radius 3 is 2.78 bits per heavy atom. The highest BCUT2D eigenvalue weighted by atomic mass is 16.5. The van der Waals surface area contributed by atoms with E-state index in [-0.39, 0.29) is 5.97 Å². The zero-order valence-corrected chi connectivity index (χ0v) is 5.46. The largest absolute Gasteiger partial charge is 0.462 e. The Morgan fingerprint density at radius 1 is 1.67 bits per heavy atom. The summed E-state index contributed by atoms with van der Waals surface area (Å²) in [4.78, 5) is 10.1. The highest BCUT2D eigenvalue weighted by molar-refractivity contribution is 5.65. The molecule has 0 amide bonds. The Morgan fingerprint density at radius 2 is 2.33 bits per heavy atom. The molecule has 0 spiro atoms. The van der Waals surface area contributed by atoms with Gasteiger partial charge >= 0.3 is 5.97 Å². The lowest BCUT2D eigenvalue weighted by molar-refractivity contribution is -0.139. The molecule has 0 aromatic rings. The van der Waals surface area contributed by atoms with E-state index in [1.807, 2.05) is 0 Å². The van der Waals surface area contributed by atoms with Crippen LogP contribution in [-0.4, -0.2) is 19.1 Å². The van der Waals surface area contributed by atoms with Crippen LogP contribution < -0.4 is 5.73 Å². The van der Waals surface area contributed by atoms with Crippen molar-refractivity contribution in [2.75, 3.05) is 13.2 Å². The lowest BCUT2D eigenvalue weighted by Crippen LogP contribution is -1.99. The molecule has 0 fully saturated rings. The van der Waals surface area contributed by atoms with Crippen molar-refractivity contribution in [3.05, 3.63) is 12.2 Å². The van der Waals surface area contributed by atoms with Gasteiger partial charge in [0.15, 0.2) is 0 Å². The molecule has 0 saturated heterocycles. The number of carbonyl (C=O) groups is 1. The highest BCUT2D eigenvalue weighted by Gasteiger charge is 1.84. The summed E-state index contributed by atoms with van der Waals surface area (Å²) in [5.74, 6) is -0.267.